The van der Waals surface area contributed by atoms with Crippen LogP contribution >= 0.6 is 11.6 Å². The number of hydrogen-bond acceptors (Lipinski definition) is 4. The van der Waals surface area contributed by atoms with Gasteiger partial charge in [-0.25, -0.2) is 9.97 Å². The first kappa shape index (κ1) is 18.1. The lowest BCUT2D eigenvalue weighted by molar-refractivity contribution is 0.0951. The molecule has 7 heteroatoms. The lowest BCUT2D eigenvalue weighted by atomic mass is 10.0. The predicted octanol–water partition coefficient (Wildman–Crippen LogP) is 3.81. The molecule has 26 heavy (non-hydrogen) atoms. The Morgan fingerprint density at radius 2 is 2.12 bits per heavy atom. The Bertz CT molecular complexity index is 935. The smallest absolute Gasteiger partial charge is 0.254 e. The van der Waals surface area contributed by atoms with Crippen LogP contribution in [-0.2, 0) is 6.54 Å². The minimum Gasteiger partial charge on any atom is -0.348 e. The topological polar surface area (TPSA) is 72.7 Å². The molecule has 1 N–H and O–H groups in total. The van der Waals surface area contributed by atoms with E-state index in [4.69, 9.17) is 11.6 Å². The van der Waals surface area contributed by atoms with Crippen molar-refractivity contribution in [3.63, 3.8) is 0 Å². The number of carbonyl (C=O) groups is 1. The van der Waals surface area contributed by atoms with Gasteiger partial charge in [-0.1, -0.05) is 12.1 Å². The molecule has 0 radical (unpaired) electrons. The van der Waals surface area contributed by atoms with E-state index in [1.54, 1.807) is 23.3 Å². The Morgan fingerprint density at radius 1 is 1.31 bits per heavy atom. The van der Waals surface area contributed by atoms with Crippen LogP contribution in [0.4, 0.5) is 0 Å². The summed E-state index contributed by atoms with van der Waals surface area (Å²) in [5, 5.41) is 7.35. The molecular weight excluding hydrogens is 350 g/mol. The quantitative estimate of drug-likeness (QED) is 0.694. The van der Waals surface area contributed by atoms with Gasteiger partial charge in [-0.3, -0.25) is 9.48 Å². The van der Waals surface area contributed by atoms with Crippen molar-refractivity contribution >= 4 is 17.5 Å². The molecule has 0 unspecified atom stereocenters. The van der Waals surface area contributed by atoms with Gasteiger partial charge < -0.3 is 5.32 Å². The van der Waals surface area contributed by atoms with Gasteiger partial charge in [-0.2, -0.15) is 5.10 Å². The molecule has 2 aromatic heterocycles. The first-order valence-corrected chi connectivity index (χ1v) is 8.72. The summed E-state index contributed by atoms with van der Waals surface area (Å²) >= 11 is 5.85. The number of benzene rings is 1. The summed E-state index contributed by atoms with van der Waals surface area (Å²) in [6.07, 6.45) is 4.98. The second kappa shape index (κ2) is 7.66. The molecule has 0 spiro atoms. The molecule has 3 rings (SSSR count). The van der Waals surface area contributed by atoms with Crippen LogP contribution in [0.25, 0.3) is 11.3 Å². The minimum absolute atomic E-state index is 0.136. The van der Waals surface area contributed by atoms with E-state index in [1.165, 1.54) is 0 Å². The Kier molecular flexibility index (Phi) is 5.32. The highest BCUT2D eigenvalue weighted by Crippen LogP contribution is 2.21. The van der Waals surface area contributed by atoms with Crippen molar-refractivity contribution in [1.29, 1.82) is 0 Å². The van der Waals surface area contributed by atoms with E-state index in [2.05, 4.69) is 20.4 Å². The summed E-state index contributed by atoms with van der Waals surface area (Å²) in [4.78, 5) is 20.4. The summed E-state index contributed by atoms with van der Waals surface area (Å²) in [5.41, 5.74) is 4.39. The van der Waals surface area contributed by atoms with Crippen LogP contribution in [0.15, 0.2) is 42.9 Å². The average molecular weight is 370 g/mol. The predicted molar refractivity (Wildman–Crippen MR) is 101 cm³/mol. The number of nitrogens with one attached hydrogen (secondary N) is 1. The SMILES string of the molecule is Cc1cc(-c2ccnc(Cl)n2)ccc1CNC(=O)c1cnn(C(C)C)c1. The zero-order valence-electron chi connectivity index (χ0n) is 14.9. The third kappa shape index (κ3) is 4.08. The molecule has 3 aromatic rings. The van der Waals surface area contributed by atoms with E-state index in [9.17, 15) is 4.79 Å². The normalized spacial score (nSPS) is 11.0. The van der Waals surface area contributed by atoms with Gasteiger partial charge in [0.15, 0.2) is 0 Å². The highest BCUT2D eigenvalue weighted by atomic mass is 35.5. The zero-order chi connectivity index (χ0) is 18.7. The average Bonchev–Trinajstić information content (AvgIpc) is 3.11. The van der Waals surface area contributed by atoms with Gasteiger partial charge in [-0.15, -0.1) is 0 Å². The summed E-state index contributed by atoms with van der Waals surface area (Å²) in [6.45, 7) is 6.49. The summed E-state index contributed by atoms with van der Waals surface area (Å²) < 4.78 is 1.77. The Morgan fingerprint density at radius 3 is 2.77 bits per heavy atom. The molecule has 1 aromatic carbocycles. The van der Waals surface area contributed by atoms with Crippen molar-refractivity contribution in [3.05, 3.63) is 64.8 Å². The number of nitrogens with zero attached hydrogens (tertiary/aromatic N) is 4. The van der Waals surface area contributed by atoms with E-state index in [1.807, 2.05) is 45.0 Å². The van der Waals surface area contributed by atoms with Crippen LogP contribution in [0.1, 0.15) is 41.4 Å². The van der Waals surface area contributed by atoms with E-state index in [0.717, 1.165) is 22.4 Å². The maximum atomic E-state index is 12.3. The molecule has 0 atom stereocenters. The number of carbonyl (C=O) groups excluding carboxylic acids is 1. The number of amides is 1. The van der Waals surface area contributed by atoms with Crippen LogP contribution in [-0.4, -0.2) is 25.7 Å². The standard InChI is InChI=1S/C19H20ClN5O/c1-12(2)25-11-16(10-23-25)18(26)22-9-15-5-4-14(8-13(15)3)17-6-7-21-19(20)24-17/h4-8,10-12H,9H2,1-3H3,(H,22,26). The summed E-state index contributed by atoms with van der Waals surface area (Å²) in [6, 6.07) is 8.01. The number of halogens is 1. The van der Waals surface area contributed by atoms with Crippen molar-refractivity contribution in [2.45, 2.75) is 33.4 Å². The van der Waals surface area contributed by atoms with Crippen LogP contribution in [0.2, 0.25) is 5.28 Å². The maximum absolute atomic E-state index is 12.3. The second-order valence-electron chi connectivity index (χ2n) is 6.34. The van der Waals surface area contributed by atoms with E-state index in [0.29, 0.717) is 12.1 Å². The third-order valence-corrected chi connectivity index (χ3v) is 4.28. The first-order valence-electron chi connectivity index (χ1n) is 8.35. The van der Waals surface area contributed by atoms with Crippen molar-refractivity contribution in [2.24, 2.45) is 0 Å². The third-order valence-electron chi connectivity index (χ3n) is 4.10. The van der Waals surface area contributed by atoms with Gasteiger partial charge >= 0.3 is 0 Å². The molecule has 134 valence electrons. The lowest BCUT2D eigenvalue weighted by Gasteiger charge is -2.10. The molecule has 0 aliphatic carbocycles. The zero-order valence-corrected chi connectivity index (χ0v) is 15.7. The molecule has 6 nitrogen and oxygen atoms in total. The highest BCUT2D eigenvalue weighted by Gasteiger charge is 2.11. The largest absolute Gasteiger partial charge is 0.348 e. The van der Waals surface area contributed by atoms with Crippen LogP contribution in [0.5, 0.6) is 0 Å². The molecule has 0 saturated carbocycles. The fourth-order valence-corrected chi connectivity index (χ4v) is 2.71. The van der Waals surface area contributed by atoms with Crippen LogP contribution in [0.3, 0.4) is 0 Å². The van der Waals surface area contributed by atoms with Gasteiger partial charge in [0.25, 0.3) is 5.91 Å². The van der Waals surface area contributed by atoms with Crippen molar-refractivity contribution < 1.29 is 4.79 Å². The van der Waals surface area contributed by atoms with E-state index in [-0.39, 0.29) is 17.2 Å². The maximum Gasteiger partial charge on any atom is 0.254 e. The van der Waals surface area contributed by atoms with Gasteiger partial charge in [-0.05, 0) is 55.6 Å². The number of hydrogen-bond donors (Lipinski definition) is 1. The lowest BCUT2D eigenvalue weighted by Crippen LogP contribution is -2.22. The second-order valence-corrected chi connectivity index (χ2v) is 6.68. The Hall–Kier alpha value is -2.73. The summed E-state index contributed by atoms with van der Waals surface area (Å²) in [7, 11) is 0. The molecule has 0 aliphatic heterocycles. The molecule has 0 bridgehead atoms. The number of rotatable bonds is 5. The van der Waals surface area contributed by atoms with Crippen molar-refractivity contribution in [2.75, 3.05) is 0 Å². The monoisotopic (exact) mass is 369 g/mol. The number of aryl methyl sites for hydroxylation is 1. The van der Waals surface area contributed by atoms with Gasteiger partial charge in [0.1, 0.15) is 0 Å². The number of aromatic nitrogens is 4. The molecule has 0 aliphatic rings. The Balaban J connectivity index is 1.69. The van der Waals surface area contributed by atoms with Gasteiger partial charge in [0.2, 0.25) is 5.28 Å². The molecular formula is C19H20ClN5O. The van der Waals surface area contributed by atoms with Gasteiger partial charge in [0, 0.05) is 30.5 Å². The molecule has 0 saturated heterocycles. The van der Waals surface area contributed by atoms with Crippen molar-refractivity contribution in [1.82, 2.24) is 25.1 Å². The van der Waals surface area contributed by atoms with Crippen LogP contribution in [0, 0.1) is 6.92 Å². The minimum atomic E-state index is -0.136. The van der Waals surface area contributed by atoms with Gasteiger partial charge in [0.05, 0.1) is 17.5 Å². The molecule has 1 amide bonds. The summed E-state index contributed by atoms with van der Waals surface area (Å²) in [5.74, 6) is -0.136. The van der Waals surface area contributed by atoms with Crippen molar-refractivity contribution in [3.8, 4) is 11.3 Å². The van der Waals surface area contributed by atoms with E-state index < -0.39 is 0 Å². The van der Waals surface area contributed by atoms with E-state index >= 15 is 0 Å². The van der Waals surface area contributed by atoms with Crippen LogP contribution < -0.4 is 5.32 Å². The molecule has 0 fully saturated rings. The Labute approximate surface area is 157 Å². The molecule has 2 heterocycles. The fraction of sp³-hybridized carbons (Fsp3) is 0.263. The highest BCUT2D eigenvalue weighted by molar-refractivity contribution is 6.28. The fourth-order valence-electron chi connectivity index (χ4n) is 2.56. The first-order chi connectivity index (χ1) is 12.4.